The lowest BCUT2D eigenvalue weighted by molar-refractivity contribution is -0.232. The van der Waals surface area contributed by atoms with Gasteiger partial charge in [0.1, 0.15) is 0 Å². The minimum Gasteiger partial charge on any atom is -0.462 e. The summed E-state index contributed by atoms with van der Waals surface area (Å²) in [5.74, 6) is 0.0604. The van der Waals surface area contributed by atoms with Gasteiger partial charge in [-0.05, 0) is 56.8 Å². The van der Waals surface area contributed by atoms with E-state index >= 15 is 0 Å². The molecule has 4 heteroatoms. The van der Waals surface area contributed by atoms with Crippen LogP contribution in [-0.4, -0.2) is 34.0 Å². The number of carbonyl (C=O) groups is 1. The van der Waals surface area contributed by atoms with E-state index < -0.39 is 11.2 Å². The molecule has 0 saturated heterocycles. The molecule has 4 aliphatic carbocycles. The molecule has 20 heavy (non-hydrogen) atoms. The first-order chi connectivity index (χ1) is 9.23. The van der Waals surface area contributed by atoms with Gasteiger partial charge < -0.3 is 14.9 Å². The first kappa shape index (κ1) is 14.1. The largest absolute Gasteiger partial charge is 0.462 e. The lowest BCUT2D eigenvalue weighted by Gasteiger charge is -2.63. The Bertz CT molecular complexity index is 437. The second-order valence-corrected chi connectivity index (χ2v) is 7.62. The van der Waals surface area contributed by atoms with E-state index in [-0.39, 0.29) is 11.4 Å². The Hall–Kier alpha value is -0.870. The summed E-state index contributed by atoms with van der Waals surface area (Å²) in [6, 6.07) is 0. The van der Waals surface area contributed by atoms with Crippen LogP contribution in [0.3, 0.4) is 0 Å². The standard InChI is InChI=1S/C16H24O4/c1-11(2)13(17)20-4-3-14-5-12-6-15(18,8-14)10-16(19,7-12)9-14/h12,18-19H,1,3-10H2,2H3. The molecule has 4 bridgehead atoms. The maximum absolute atomic E-state index is 11.4. The molecule has 112 valence electrons. The number of hydrogen-bond donors (Lipinski definition) is 2. The van der Waals surface area contributed by atoms with Crippen LogP contribution in [-0.2, 0) is 9.53 Å². The third-order valence-electron chi connectivity index (χ3n) is 5.34. The van der Waals surface area contributed by atoms with Crippen molar-refractivity contribution in [2.75, 3.05) is 6.61 Å². The van der Waals surface area contributed by atoms with Crippen LogP contribution >= 0.6 is 0 Å². The molecule has 4 saturated carbocycles. The second-order valence-electron chi connectivity index (χ2n) is 7.62. The minimum atomic E-state index is -0.702. The zero-order valence-electron chi connectivity index (χ0n) is 12.2. The van der Waals surface area contributed by atoms with Gasteiger partial charge in [0.15, 0.2) is 0 Å². The highest BCUT2D eigenvalue weighted by molar-refractivity contribution is 5.86. The zero-order chi connectivity index (χ0) is 14.6. The molecule has 0 aromatic carbocycles. The van der Waals surface area contributed by atoms with Gasteiger partial charge in [-0.2, -0.15) is 0 Å². The second kappa shape index (κ2) is 4.31. The normalized spacial score (nSPS) is 45.5. The summed E-state index contributed by atoms with van der Waals surface area (Å²) < 4.78 is 5.21. The monoisotopic (exact) mass is 280 g/mol. The van der Waals surface area contributed by atoms with Gasteiger partial charge in [-0.15, -0.1) is 0 Å². The van der Waals surface area contributed by atoms with Crippen molar-refractivity contribution in [3.63, 3.8) is 0 Å². The van der Waals surface area contributed by atoms with Crippen molar-refractivity contribution in [3.05, 3.63) is 12.2 Å². The fourth-order valence-corrected chi connectivity index (χ4v) is 5.29. The van der Waals surface area contributed by atoms with Crippen molar-refractivity contribution < 1.29 is 19.7 Å². The predicted octanol–water partition coefficient (Wildman–Crippen LogP) is 1.94. The molecule has 0 radical (unpaired) electrons. The molecule has 4 nitrogen and oxygen atoms in total. The van der Waals surface area contributed by atoms with E-state index in [2.05, 4.69) is 6.58 Å². The van der Waals surface area contributed by atoms with E-state index in [1.54, 1.807) is 6.92 Å². The summed E-state index contributed by atoms with van der Waals surface area (Å²) >= 11 is 0. The first-order valence-corrected chi connectivity index (χ1v) is 7.51. The van der Waals surface area contributed by atoms with Gasteiger partial charge in [0.2, 0.25) is 0 Å². The van der Waals surface area contributed by atoms with Crippen LogP contribution in [0, 0.1) is 11.3 Å². The van der Waals surface area contributed by atoms with Crippen LogP contribution in [0.1, 0.15) is 51.9 Å². The van der Waals surface area contributed by atoms with Crippen molar-refractivity contribution in [3.8, 4) is 0 Å². The predicted molar refractivity (Wildman–Crippen MR) is 73.9 cm³/mol. The minimum absolute atomic E-state index is 0.0573. The molecular weight excluding hydrogens is 256 g/mol. The Morgan fingerprint density at radius 2 is 1.80 bits per heavy atom. The van der Waals surface area contributed by atoms with E-state index in [9.17, 15) is 15.0 Å². The smallest absolute Gasteiger partial charge is 0.333 e. The molecule has 0 heterocycles. The Balaban J connectivity index is 1.67. The van der Waals surface area contributed by atoms with Crippen LogP contribution < -0.4 is 0 Å². The fraction of sp³-hybridized carbons (Fsp3) is 0.812. The Morgan fingerprint density at radius 3 is 2.30 bits per heavy atom. The number of esters is 1. The molecule has 0 spiro atoms. The molecule has 0 amide bonds. The van der Waals surface area contributed by atoms with Crippen molar-refractivity contribution in [1.29, 1.82) is 0 Å². The Kier molecular flexibility index (Phi) is 3.04. The van der Waals surface area contributed by atoms with Gasteiger partial charge in [0.05, 0.1) is 17.8 Å². The average molecular weight is 280 g/mol. The fourth-order valence-electron chi connectivity index (χ4n) is 5.29. The van der Waals surface area contributed by atoms with Crippen LogP contribution in [0.15, 0.2) is 12.2 Å². The number of hydrogen-bond acceptors (Lipinski definition) is 4. The molecule has 0 aromatic rings. The average Bonchev–Trinajstić information content (AvgIpc) is 2.22. The lowest BCUT2D eigenvalue weighted by Crippen LogP contribution is -2.63. The number of aliphatic hydroxyl groups is 2. The highest BCUT2D eigenvalue weighted by atomic mass is 16.5. The molecule has 4 aliphatic rings. The van der Waals surface area contributed by atoms with E-state index in [4.69, 9.17) is 4.74 Å². The third kappa shape index (κ3) is 2.40. The highest BCUT2D eigenvalue weighted by Crippen LogP contribution is 2.64. The third-order valence-corrected chi connectivity index (χ3v) is 5.34. The van der Waals surface area contributed by atoms with Gasteiger partial charge in [-0.25, -0.2) is 4.79 Å². The molecule has 4 fully saturated rings. The molecular formula is C16H24O4. The van der Waals surface area contributed by atoms with E-state index in [1.165, 1.54) is 0 Å². The van der Waals surface area contributed by atoms with E-state index in [0.29, 0.717) is 24.5 Å². The Morgan fingerprint density at radius 1 is 1.20 bits per heavy atom. The summed E-state index contributed by atoms with van der Waals surface area (Å²) in [6.45, 7) is 5.56. The van der Waals surface area contributed by atoms with Crippen molar-refractivity contribution in [2.24, 2.45) is 11.3 Å². The van der Waals surface area contributed by atoms with Crippen LogP contribution in [0.4, 0.5) is 0 Å². The number of carbonyl (C=O) groups excluding carboxylic acids is 1. The molecule has 2 unspecified atom stereocenters. The van der Waals surface area contributed by atoms with Crippen LogP contribution in [0.5, 0.6) is 0 Å². The first-order valence-electron chi connectivity index (χ1n) is 7.51. The molecule has 2 N–H and O–H groups in total. The van der Waals surface area contributed by atoms with Gasteiger partial charge in [0, 0.05) is 12.0 Å². The molecule has 0 aliphatic heterocycles. The molecule has 0 aromatic heterocycles. The summed E-state index contributed by atoms with van der Waals surface area (Å²) in [4.78, 5) is 11.4. The highest BCUT2D eigenvalue weighted by Gasteiger charge is 2.62. The Labute approximate surface area is 119 Å². The van der Waals surface area contributed by atoms with Gasteiger partial charge >= 0.3 is 5.97 Å². The van der Waals surface area contributed by atoms with E-state index in [1.807, 2.05) is 0 Å². The summed E-state index contributed by atoms with van der Waals surface area (Å²) in [5, 5.41) is 21.3. The lowest BCUT2D eigenvalue weighted by atomic mass is 9.45. The van der Waals surface area contributed by atoms with Gasteiger partial charge in [-0.3, -0.25) is 0 Å². The quantitative estimate of drug-likeness (QED) is 0.610. The van der Waals surface area contributed by atoms with Crippen LogP contribution in [0.25, 0.3) is 0 Å². The summed E-state index contributed by atoms with van der Waals surface area (Å²) in [5.41, 5.74) is -1.05. The number of rotatable bonds is 4. The van der Waals surface area contributed by atoms with Gasteiger partial charge in [-0.1, -0.05) is 6.58 Å². The zero-order valence-corrected chi connectivity index (χ0v) is 12.2. The van der Waals surface area contributed by atoms with Gasteiger partial charge in [0.25, 0.3) is 0 Å². The summed E-state index contributed by atoms with van der Waals surface area (Å²) in [6.07, 6.45) is 5.41. The van der Waals surface area contributed by atoms with Crippen molar-refractivity contribution in [1.82, 2.24) is 0 Å². The van der Waals surface area contributed by atoms with Crippen molar-refractivity contribution in [2.45, 2.75) is 63.1 Å². The maximum Gasteiger partial charge on any atom is 0.333 e. The topological polar surface area (TPSA) is 66.8 Å². The summed E-state index contributed by atoms with van der Waals surface area (Å²) in [7, 11) is 0. The van der Waals surface area contributed by atoms with E-state index in [0.717, 1.165) is 38.5 Å². The van der Waals surface area contributed by atoms with Crippen molar-refractivity contribution >= 4 is 5.97 Å². The van der Waals surface area contributed by atoms with Crippen LogP contribution in [0.2, 0.25) is 0 Å². The SMILES string of the molecule is C=C(C)C(=O)OCCC12CC3CC(O)(CC(O)(C3)C1)C2. The maximum atomic E-state index is 11.4. The molecule has 2 atom stereocenters. The molecule has 4 rings (SSSR count). The number of ether oxygens (including phenoxy) is 1.